The quantitative estimate of drug-likeness (QED) is 0.115. The van der Waals surface area contributed by atoms with E-state index in [1.807, 2.05) is 0 Å². The number of rotatable bonds is 10. The molecule has 1 aliphatic rings. The molecule has 0 unspecified atom stereocenters. The lowest BCUT2D eigenvalue weighted by molar-refractivity contribution is 0.291. The molecule has 0 bridgehead atoms. The first-order chi connectivity index (χ1) is 14.0. The van der Waals surface area contributed by atoms with Crippen molar-refractivity contribution in [1.29, 1.82) is 0 Å². The van der Waals surface area contributed by atoms with E-state index in [0.717, 1.165) is 18.9 Å². The second-order valence-corrected chi connectivity index (χ2v) is 14.5. The molecule has 0 amide bonds. The number of halogens is 1. The van der Waals surface area contributed by atoms with E-state index in [1.165, 1.54) is 40.5 Å². The van der Waals surface area contributed by atoms with Gasteiger partial charge in [-0.1, -0.05) is 116 Å². The van der Waals surface area contributed by atoms with Gasteiger partial charge in [0.05, 0.1) is 0 Å². The zero-order chi connectivity index (χ0) is 20.7. The highest BCUT2D eigenvalue weighted by molar-refractivity contribution is 14.1. The highest BCUT2D eigenvalue weighted by Crippen LogP contribution is 2.40. The molecule has 2 aromatic carbocycles. The van der Waals surface area contributed by atoms with Crippen molar-refractivity contribution in [1.82, 2.24) is 0 Å². The van der Waals surface area contributed by atoms with Crippen LogP contribution in [0.25, 0.3) is 0 Å². The summed E-state index contributed by atoms with van der Waals surface area (Å²) < 4.78 is 8.25. The topological polar surface area (TPSA) is 9.23 Å². The van der Waals surface area contributed by atoms with E-state index in [2.05, 4.69) is 110 Å². The van der Waals surface area contributed by atoms with Crippen LogP contribution in [0.5, 0.6) is 0 Å². The summed E-state index contributed by atoms with van der Waals surface area (Å²) in [6.45, 7) is 7.90. The third kappa shape index (κ3) is 5.62. The average molecular weight is 519 g/mol. The van der Waals surface area contributed by atoms with Gasteiger partial charge in [-0.15, -0.1) is 0 Å². The Morgan fingerprint density at radius 2 is 1.55 bits per heavy atom. The molecular formula is C26H35IOSi. The van der Waals surface area contributed by atoms with Crippen molar-refractivity contribution in [2.75, 3.05) is 11.0 Å². The van der Waals surface area contributed by atoms with E-state index < -0.39 is 8.32 Å². The Morgan fingerprint density at radius 3 is 2.00 bits per heavy atom. The maximum atomic E-state index is 7.03. The van der Waals surface area contributed by atoms with Gasteiger partial charge >= 0.3 is 0 Å². The Labute approximate surface area is 192 Å². The van der Waals surface area contributed by atoms with Crippen LogP contribution in [0.2, 0.25) is 5.04 Å². The molecule has 0 heterocycles. The van der Waals surface area contributed by atoms with E-state index in [-0.39, 0.29) is 5.04 Å². The molecule has 0 N–H and O–H groups in total. The standard InChI is InChI=1S/C26H35IOSi/c1-26(2,3)29(24-14-6-4-7-15-24,25-16-8-5-9-17-25)28-21-11-13-22(12-10-20-27)23-18-19-23/h4-9,12,14-17,23H,10-11,13,18-21H2,1-3H3/b22-12+. The highest BCUT2D eigenvalue weighted by atomic mass is 127. The van der Waals surface area contributed by atoms with Gasteiger partial charge in [-0.25, -0.2) is 0 Å². The Morgan fingerprint density at radius 1 is 1.00 bits per heavy atom. The number of alkyl halides is 1. The fourth-order valence-electron chi connectivity index (χ4n) is 4.43. The Kier molecular flexibility index (Phi) is 8.17. The van der Waals surface area contributed by atoms with Crippen molar-refractivity contribution >= 4 is 41.3 Å². The molecule has 0 spiro atoms. The maximum absolute atomic E-state index is 7.03. The third-order valence-electron chi connectivity index (χ3n) is 5.96. The summed E-state index contributed by atoms with van der Waals surface area (Å²) in [5.74, 6) is 0.866. The maximum Gasteiger partial charge on any atom is 0.261 e. The lowest BCUT2D eigenvalue weighted by Crippen LogP contribution is -2.66. The molecule has 3 heteroatoms. The first-order valence-corrected chi connectivity index (χ1v) is 14.4. The third-order valence-corrected chi connectivity index (χ3v) is 11.6. The smallest absolute Gasteiger partial charge is 0.261 e. The first-order valence-electron chi connectivity index (χ1n) is 11.0. The molecule has 0 aromatic heterocycles. The van der Waals surface area contributed by atoms with Crippen molar-refractivity contribution in [2.45, 2.75) is 57.9 Å². The van der Waals surface area contributed by atoms with E-state index in [9.17, 15) is 0 Å². The van der Waals surface area contributed by atoms with Gasteiger partial charge < -0.3 is 4.43 Å². The van der Waals surface area contributed by atoms with Crippen molar-refractivity contribution in [3.05, 3.63) is 72.3 Å². The molecule has 1 fully saturated rings. The Bertz CT molecular complexity index is 736. The van der Waals surface area contributed by atoms with Crippen LogP contribution < -0.4 is 10.4 Å². The minimum atomic E-state index is -2.38. The SMILES string of the molecule is CC(C)(C)[Si](OCCC/C(=C\CCI)C1CC1)(c1ccccc1)c1ccccc1. The van der Waals surface area contributed by atoms with Crippen LogP contribution in [0.15, 0.2) is 72.3 Å². The number of allylic oxidation sites excluding steroid dienone is 2. The van der Waals surface area contributed by atoms with Crippen LogP contribution >= 0.6 is 22.6 Å². The van der Waals surface area contributed by atoms with Crippen LogP contribution in [-0.4, -0.2) is 19.4 Å². The van der Waals surface area contributed by atoms with E-state index >= 15 is 0 Å². The van der Waals surface area contributed by atoms with Gasteiger partial charge in [0.15, 0.2) is 0 Å². The minimum Gasteiger partial charge on any atom is -0.407 e. The van der Waals surface area contributed by atoms with Crippen molar-refractivity contribution in [3.8, 4) is 0 Å². The normalized spacial score (nSPS) is 15.5. The van der Waals surface area contributed by atoms with E-state index in [1.54, 1.807) is 5.57 Å². The van der Waals surface area contributed by atoms with Gasteiger partial charge in [-0.05, 0) is 53.4 Å². The lowest BCUT2D eigenvalue weighted by atomic mass is 10.0. The summed E-state index contributed by atoms with van der Waals surface area (Å²) in [6, 6.07) is 22.0. The largest absolute Gasteiger partial charge is 0.407 e. The number of hydrogen-bond acceptors (Lipinski definition) is 1. The molecule has 1 saturated carbocycles. The van der Waals surface area contributed by atoms with Crippen molar-refractivity contribution < 1.29 is 4.43 Å². The van der Waals surface area contributed by atoms with Gasteiger partial charge in [0.2, 0.25) is 0 Å². The monoisotopic (exact) mass is 518 g/mol. The molecule has 29 heavy (non-hydrogen) atoms. The Hall–Kier alpha value is -0.913. The predicted octanol–water partition coefficient (Wildman–Crippen LogP) is 6.50. The fourth-order valence-corrected chi connectivity index (χ4v) is 9.35. The molecule has 0 radical (unpaired) electrons. The zero-order valence-corrected chi connectivity index (χ0v) is 21.3. The van der Waals surface area contributed by atoms with Crippen LogP contribution in [-0.2, 0) is 4.43 Å². The summed E-state index contributed by atoms with van der Waals surface area (Å²) in [5, 5.41) is 2.81. The molecule has 2 aromatic rings. The van der Waals surface area contributed by atoms with Gasteiger partial charge in [0.1, 0.15) is 0 Å². The van der Waals surface area contributed by atoms with Gasteiger partial charge in [0.25, 0.3) is 8.32 Å². The Balaban J connectivity index is 1.82. The highest BCUT2D eigenvalue weighted by Gasteiger charge is 2.49. The minimum absolute atomic E-state index is 0.0616. The fraction of sp³-hybridized carbons (Fsp3) is 0.462. The predicted molar refractivity (Wildman–Crippen MR) is 137 cm³/mol. The number of hydrogen-bond donors (Lipinski definition) is 0. The van der Waals surface area contributed by atoms with Gasteiger partial charge in [-0.2, -0.15) is 0 Å². The molecule has 156 valence electrons. The molecule has 0 atom stereocenters. The molecule has 3 rings (SSSR count). The van der Waals surface area contributed by atoms with Crippen LogP contribution in [0.4, 0.5) is 0 Å². The summed E-state index contributed by atoms with van der Waals surface area (Å²) in [5.41, 5.74) is 1.69. The van der Waals surface area contributed by atoms with Gasteiger partial charge in [0, 0.05) is 11.0 Å². The average Bonchev–Trinajstić information content (AvgIpc) is 3.56. The molecule has 1 nitrogen and oxygen atoms in total. The van der Waals surface area contributed by atoms with E-state index in [0.29, 0.717) is 0 Å². The van der Waals surface area contributed by atoms with Crippen LogP contribution in [0.1, 0.15) is 52.9 Å². The van der Waals surface area contributed by atoms with Crippen LogP contribution in [0, 0.1) is 5.92 Å². The summed E-state index contributed by atoms with van der Waals surface area (Å²) in [6.07, 6.45) is 8.81. The lowest BCUT2D eigenvalue weighted by Gasteiger charge is -2.43. The van der Waals surface area contributed by atoms with Crippen molar-refractivity contribution in [3.63, 3.8) is 0 Å². The summed E-state index contributed by atoms with van der Waals surface area (Å²) in [7, 11) is -2.38. The molecule has 0 saturated heterocycles. The van der Waals surface area contributed by atoms with E-state index in [4.69, 9.17) is 4.43 Å². The molecule has 0 aliphatic heterocycles. The second-order valence-electron chi connectivity index (χ2n) is 9.15. The van der Waals surface area contributed by atoms with Gasteiger partial charge in [-0.3, -0.25) is 0 Å². The number of benzene rings is 2. The summed E-state index contributed by atoms with van der Waals surface area (Å²) in [4.78, 5) is 0. The summed E-state index contributed by atoms with van der Waals surface area (Å²) >= 11 is 2.48. The molecule has 1 aliphatic carbocycles. The molecular weight excluding hydrogens is 483 g/mol. The van der Waals surface area contributed by atoms with Crippen molar-refractivity contribution in [2.24, 2.45) is 5.92 Å². The first kappa shape index (κ1) is 22.8. The second kappa shape index (κ2) is 10.4. The zero-order valence-electron chi connectivity index (χ0n) is 18.2. The van der Waals surface area contributed by atoms with Crippen LogP contribution in [0.3, 0.4) is 0 Å².